The van der Waals surface area contributed by atoms with Crippen molar-refractivity contribution in [3.63, 3.8) is 0 Å². The summed E-state index contributed by atoms with van der Waals surface area (Å²) in [6.45, 7) is 2.07. The van der Waals surface area contributed by atoms with Crippen molar-refractivity contribution in [3.8, 4) is 0 Å². The van der Waals surface area contributed by atoms with E-state index in [2.05, 4.69) is 10.3 Å². The molecule has 0 aliphatic rings. The van der Waals surface area contributed by atoms with E-state index < -0.39 is 5.69 Å². The van der Waals surface area contributed by atoms with Gasteiger partial charge in [0.2, 0.25) is 0 Å². The molecule has 0 atom stereocenters. The summed E-state index contributed by atoms with van der Waals surface area (Å²) in [6.07, 6.45) is 4.80. The first-order chi connectivity index (χ1) is 14.4. The van der Waals surface area contributed by atoms with Crippen LogP contribution in [-0.2, 0) is 13.1 Å². The van der Waals surface area contributed by atoms with Crippen LogP contribution in [0.25, 0.3) is 4.83 Å². The Bertz CT molecular complexity index is 1360. The number of hydrogen-bond donors (Lipinski definition) is 1. The molecule has 1 N–H and O–H groups in total. The van der Waals surface area contributed by atoms with Gasteiger partial charge in [0, 0.05) is 35.7 Å². The molecule has 0 saturated heterocycles. The van der Waals surface area contributed by atoms with Crippen molar-refractivity contribution >= 4 is 33.7 Å². The van der Waals surface area contributed by atoms with Gasteiger partial charge in [-0.15, -0.1) is 11.3 Å². The summed E-state index contributed by atoms with van der Waals surface area (Å²) in [6, 6.07) is 10.6. The van der Waals surface area contributed by atoms with E-state index in [9.17, 15) is 14.4 Å². The van der Waals surface area contributed by atoms with Crippen molar-refractivity contribution in [1.82, 2.24) is 19.3 Å². The zero-order chi connectivity index (χ0) is 21.3. The lowest BCUT2D eigenvalue weighted by Crippen LogP contribution is -2.38. The first-order valence-electron chi connectivity index (χ1n) is 9.11. The monoisotopic (exact) mass is 440 g/mol. The summed E-state index contributed by atoms with van der Waals surface area (Å²) < 4.78 is 2.50. The Labute approximate surface area is 180 Å². The molecule has 0 fully saturated rings. The van der Waals surface area contributed by atoms with Crippen LogP contribution in [0.5, 0.6) is 0 Å². The van der Waals surface area contributed by atoms with Gasteiger partial charge in [-0.25, -0.2) is 4.79 Å². The molecule has 1 amide bonds. The highest BCUT2D eigenvalue weighted by molar-refractivity contribution is 7.19. The minimum Gasteiger partial charge on any atom is -0.347 e. The largest absolute Gasteiger partial charge is 0.347 e. The molecule has 0 aliphatic heterocycles. The fraction of sp³-hybridized carbons (Fsp3) is 0.143. The van der Waals surface area contributed by atoms with Crippen LogP contribution >= 0.6 is 22.9 Å². The third-order valence-corrected chi connectivity index (χ3v) is 6.07. The number of carbonyl (C=O) groups is 1. The summed E-state index contributed by atoms with van der Waals surface area (Å²) in [5, 5.41) is 3.34. The van der Waals surface area contributed by atoms with Gasteiger partial charge in [0.1, 0.15) is 9.71 Å². The molecule has 4 aromatic rings. The lowest BCUT2D eigenvalue weighted by atomic mass is 10.2. The molecule has 0 radical (unpaired) electrons. The second kappa shape index (κ2) is 8.25. The second-order valence-electron chi connectivity index (χ2n) is 6.74. The highest BCUT2D eigenvalue weighted by atomic mass is 35.5. The smallest absolute Gasteiger partial charge is 0.336 e. The third kappa shape index (κ3) is 3.92. The van der Waals surface area contributed by atoms with Gasteiger partial charge in [0.05, 0.1) is 6.54 Å². The van der Waals surface area contributed by atoms with Gasteiger partial charge in [0.25, 0.3) is 11.5 Å². The predicted octanol–water partition coefficient (Wildman–Crippen LogP) is 2.86. The van der Waals surface area contributed by atoms with Gasteiger partial charge in [-0.3, -0.25) is 23.5 Å². The Morgan fingerprint density at radius 2 is 2.00 bits per heavy atom. The van der Waals surface area contributed by atoms with Crippen LogP contribution in [0.2, 0.25) is 5.02 Å². The average molecular weight is 441 g/mol. The molecule has 0 bridgehead atoms. The quantitative estimate of drug-likeness (QED) is 0.517. The van der Waals surface area contributed by atoms with Crippen LogP contribution in [0.15, 0.2) is 64.6 Å². The zero-order valence-electron chi connectivity index (χ0n) is 16.0. The molecule has 9 heteroatoms. The van der Waals surface area contributed by atoms with E-state index >= 15 is 0 Å². The second-order valence-corrected chi connectivity index (χ2v) is 8.21. The highest BCUT2D eigenvalue weighted by Gasteiger charge is 2.17. The molecular formula is C21H17ClN4O3S. The Kier molecular flexibility index (Phi) is 5.52. The predicted molar refractivity (Wildman–Crippen MR) is 117 cm³/mol. The van der Waals surface area contributed by atoms with E-state index in [0.717, 1.165) is 27.0 Å². The lowest BCUT2D eigenvalue weighted by Gasteiger charge is -2.08. The zero-order valence-corrected chi connectivity index (χ0v) is 17.5. The minimum atomic E-state index is -0.497. The average Bonchev–Trinajstić information content (AvgIpc) is 3.20. The van der Waals surface area contributed by atoms with Gasteiger partial charge in [-0.2, -0.15) is 0 Å². The molecule has 0 saturated carbocycles. The topological polar surface area (TPSA) is 85.5 Å². The number of benzene rings is 1. The minimum absolute atomic E-state index is 0.0976. The molecule has 1 aromatic carbocycles. The van der Waals surface area contributed by atoms with E-state index in [1.807, 2.05) is 6.07 Å². The summed E-state index contributed by atoms with van der Waals surface area (Å²) in [5.41, 5.74) is 1.13. The molecule has 0 aliphatic carbocycles. The molecule has 7 nitrogen and oxygen atoms in total. The maximum atomic E-state index is 13.0. The number of aromatic nitrogens is 3. The van der Waals surface area contributed by atoms with Gasteiger partial charge >= 0.3 is 5.69 Å². The normalized spacial score (nSPS) is 11.0. The van der Waals surface area contributed by atoms with Crippen LogP contribution in [-0.4, -0.2) is 19.9 Å². The Morgan fingerprint density at radius 1 is 1.20 bits per heavy atom. The number of carbonyl (C=O) groups excluding carboxylic acids is 1. The van der Waals surface area contributed by atoms with E-state index in [4.69, 9.17) is 11.6 Å². The SMILES string of the molecule is Cc1c(=O)n(Cc2cccc(Cl)c2)c(=O)n2cc(C(=O)NCc3cccnc3)sc12. The van der Waals surface area contributed by atoms with Crippen LogP contribution in [0, 0.1) is 6.92 Å². The number of fused-ring (bicyclic) bond motifs is 1. The van der Waals surface area contributed by atoms with Crippen molar-refractivity contribution in [2.45, 2.75) is 20.0 Å². The Balaban J connectivity index is 1.68. The number of amides is 1. The van der Waals surface area contributed by atoms with Crippen LogP contribution < -0.4 is 16.6 Å². The van der Waals surface area contributed by atoms with E-state index in [1.54, 1.807) is 49.6 Å². The number of aryl methyl sites for hydroxylation is 1. The van der Waals surface area contributed by atoms with Crippen molar-refractivity contribution in [1.29, 1.82) is 0 Å². The molecule has 0 unspecified atom stereocenters. The third-order valence-electron chi connectivity index (χ3n) is 4.62. The highest BCUT2D eigenvalue weighted by Crippen LogP contribution is 2.18. The fourth-order valence-corrected chi connectivity index (χ4v) is 4.31. The fourth-order valence-electron chi connectivity index (χ4n) is 3.10. The van der Waals surface area contributed by atoms with Gasteiger partial charge < -0.3 is 5.32 Å². The van der Waals surface area contributed by atoms with Crippen LogP contribution in [0.3, 0.4) is 0 Å². The number of nitrogens with zero attached hydrogens (tertiary/aromatic N) is 3. The maximum absolute atomic E-state index is 13.0. The molecule has 152 valence electrons. The number of hydrogen-bond acceptors (Lipinski definition) is 5. The molecule has 3 aromatic heterocycles. The van der Waals surface area contributed by atoms with Crippen LogP contribution in [0.4, 0.5) is 0 Å². The number of pyridine rings is 1. The van der Waals surface area contributed by atoms with Gasteiger partial charge in [-0.1, -0.05) is 29.8 Å². The van der Waals surface area contributed by atoms with E-state index in [1.165, 1.54) is 10.6 Å². The first-order valence-corrected chi connectivity index (χ1v) is 10.3. The Morgan fingerprint density at radius 3 is 2.73 bits per heavy atom. The van der Waals surface area contributed by atoms with Crippen molar-refractivity contribution in [2.75, 3.05) is 0 Å². The molecule has 3 heterocycles. The van der Waals surface area contributed by atoms with E-state index in [-0.39, 0.29) is 18.0 Å². The molecule has 0 spiro atoms. The van der Waals surface area contributed by atoms with E-state index in [0.29, 0.717) is 26.8 Å². The van der Waals surface area contributed by atoms with Crippen LogP contribution in [0.1, 0.15) is 26.4 Å². The summed E-state index contributed by atoms with van der Waals surface area (Å²) in [5.74, 6) is -0.319. The Hall–Kier alpha value is -3.23. The molecule has 30 heavy (non-hydrogen) atoms. The molecule has 4 rings (SSSR count). The van der Waals surface area contributed by atoms with Crippen molar-refractivity contribution < 1.29 is 4.79 Å². The van der Waals surface area contributed by atoms with Gasteiger partial charge in [-0.05, 0) is 36.2 Å². The number of thiazole rings is 1. The number of halogens is 1. The number of rotatable bonds is 5. The number of nitrogens with one attached hydrogen (secondary N) is 1. The van der Waals surface area contributed by atoms with Crippen molar-refractivity contribution in [2.24, 2.45) is 0 Å². The summed E-state index contributed by atoms with van der Waals surface area (Å²) in [7, 11) is 0. The molecular weight excluding hydrogens is 424 g/mol. The van der Waals surface area contributed by atoms with Crippen molar-refractivity contribution in [3.05, 3.63) is 102 Å². The summed E-state index contributed by atoms with van der Waals surface area (Å²) >= 11 is 7.13. The standard InChI is InChI=1S/C21H17ClN4O3S/c1-13-19(28)25(11-14-4-2-6-16(22)8-14)21(29)26-12-17(30-20(13)26)18(27)24-10-15-5-3-7-23-9-15/h2-9,12H,10-11H2,1H3,(H,24,27). The lowest BCUT2D eigenvalue weighted by molar-refractivity contribution is 0.0954. The summed E-state index contributed by atoms with van der Waals surface area (Å²) in [4.78, 5) is 43.2. The maximum Gasteiger partial charge on any atom is 0.336 e. The first kappa shape index (κ1) is 20.1. The van der Waals surface area contributed by atoms with Gasteiger partial charge in [0.15, 0.2) is 0 Å².